The smallest absolute Gasteiger partial charge is 0.462 e. The number of rotatable bonds is 75. The van der Waals surface area contributed by atoms with Crippen molar-refractivity contribution in [3.63, 3.8) is 0 Å². The molecule has 0 rings (SSSR count). The van der Waals surface area contributed by atoms with Crippen LogP contribution in [0.4, 0.5) is 0 Å². The van der Waals surface area contributed by atoms with Gasteiger partial charge in [0.15, 0.2) is 12.2 Å². The van der Waals surface area contributed by atoms with Gasteiger partial charge in [-0.15, -0.1) is 0 Å². The zero-order chi connectivity index (χ0) is 76.0. The van der Waals surface area contributed by atoms with Crippen LogP contribution < -0.4 is 0 Å². The molecule has 5 atom stereocenters. The Morgan fingerprint density at radius 3 is 0.769 bits per heavy atom. The monoisotopic (exact) mass is 1500 g/mol. The van der Waals surface area contributed by atoms with Crippen LogP contribution in [0.1, 0.15) is 323 Å². The molecule has 0 aromatic heterocycles. The Hall–Kier alpha value is -4.80. The standard InChI is InChI=1S/C85H144O17P2/c1-5-9-13-17-21-25-29-33-36-38-39-41-44-47-50-54-58-62-66-70-83(88)96-76-81(102-85(90)72-68-64-60-56-52-48-42-35-31-27-23-19-15-11-7-3)78-100-104(93,94)98-74-79(86)73-97-103(91,92)99-77-80(101-84(89)71-67-63-59-55-51-45-32-28-24-20-16-12-8-4)75-95-82(87)69-65-61-57-53-49-46-43-40-37-34-30-26-22-18-14-10-6-2/h9-11,13-15,21-23,25-27,33-37,39,41-43,46,79-81,86H,5-8,12,16-20,24,28-32,38,40,44-45,47-78H2,1-4H3,(H,91,92)(H,93,94)/b13-9-,14-10-,15-11-,25-21-,26-22-,27-23-,36-33-,37-34-,41-39-,42-35-,46-43-. The third kappa shape index (κ3) is 75.4. The molecule has 0 radical (unpaired) electrons. The van der Waals surface area contributed by atoms with Crippen LogP contribution in [0.25, 0.3) is 0 Å². The van der Waals surface area contributed by atoms with E-state index >= 15 is 0 Å². The molecular weight excluding hydrogens is 1350 g/mol. The molecule has 0 amide bonds. The van der Waals surface area contributed by atoms with E-state index in [-0.39, 0.29) is 25.7 Å². The van der Waals surface area contributed by atoms with Gasteiger partial charge >= 0.3 is 39.5 Å². The molecule has 0 saturated carbocycles. The molecule has 19 heteroatoms. The van der Waals surface area contributed by atoms with Crippen LogP contribution in [0.5, 0.6) is 0 Å². The Balaban J connectivity index is 5.39. The van der Waals surface area contributed by atoms with E-state index in [9.17, 15) is 43.2 Å². The maximum absolute atomic E-state index is 13.1. The van der Waals surface area contributed by atoms with E-state index in [1.807, 2.05) is 0 Å². The minimum Gasteiger partial charge on any atom is -0.462 e. The second-order valence-electron chi connectivity index (χ2n) is 26.6. The first-order valence-corrected chi connectivity index (χ1v) is 43.4. The fourth-order valence-corrected chi connectivity index (χ4v) is 12.1. The number of esters is 4. The Kier molecular flexibility index (Phi) is 72.9. The van der Waals surface area contributed by atoms with Crippen molar-refractivity contribution in [2.45, 2.75) is 341 Å². The van der Waals surface area contributed by atoms with Crippen molar-refractivity contribution in [1.82, 2.24) is 0 Å². The quantitative estimate of drug-likeness (QED) is 0.0169. The predicted molar refractivity (Wildman–Crippen MR) is 427 cm³/mol. The minimum absolute atomic E-state index is 0.0690. The summed E-state index contributed by atoms with van der Waals surface area (Å²) in [4.78, 5) is 73.1. The number of carbonyl (C=O) groups excluding carboxylic acids is 4. The molecule has 596 valence electrons. The van der Waals surface area contributed by atoms with Crippen molar-refractivity contribution in [2.75, 3.05) is 39.6 Å². The van der Waals surface area contributed by atoms with Gasteiger partial charge < -0.3 is 33.8 Å². The van der Waals surface area contributed by atoms with Crippen LogP contribution in [0.2, 0.25) is 0 Å². The Bertz CT molecular complexity index is 2490. The predicted octanol–water partition coefficient (Wildman–Crippen LogP) is 23.7. The number of ether oxygens (including phenoxy) is 4. The van der Waals surface area contributed by atoms with Gasteiger partial charge in [0, 0.05) is 25.7 Å². The number of carbonyl (C=O) groups is 4. The Morgan fingerprint density at radius 2 is 0.500 bits per heavy atom. The van der Waals surface area contributed by atoms with Crippen molar-refractivity contribution in [3.8, 4) is 0 Å². The molecule has 0 aliphatic carbocycles. The fourth-order valence-electron chi connectivity index (χ4n) is 10.6. The highest BCUT2D eigenvalue weighted by molar-refractivity contribution is 7.47. The van der Waals surface area contributed by atoms with Gasteiger partial charge in [0.25, 0.3) is 0 Å². The van der Waals surface area contributed by atoms with E-state index in [4.69, 9.17) is 37.0 Å². The van der Waals surface area contributed by atoms with E-state index in [0.29, 0.717) is 25.7 Å². The number of phosphoric ester groups is 2. The normalized spacial score (nSPS) is 14.6. The van der Waals surface area contributed by atoms with Gasteiger partial charge in [0.2, 0.25) is 0 Å². The zero-order valence-electron chi connectivity index (χ0n) is 65.2. The van der Waals surface area contributed by atoms with Crippen molar-refractivity contribution < 1.29 is 80.2 Å². The summed E-state index contributed by atoms with van der Waals surface area (Å²) in [5.41, 5.74) is 0. The molecule has 104 heavy (non-hydrogen) atoms. The first-order chi connectivity index (χ1) is 50.7. The summed E-state index contributed by atoms with van der Waals surface area (Å²) in [6.45, 7) is 4.50. The zero-order valence-corrected chi connectivity index (χ0v) is 66.9. The molecular formula is C85H144O17P2. The summed E-state index contributed by atoms with van der Waals surface area (Å²) in [7, 11) is -9.97. The molecule has 3 N–H and O–H groups in total. The van der Waals surface area contributed by atoms with E-state index in [0.717, 1.165) is 193 Å². The summed E-state index contributed by atoms with van der Waals surface area (Å²) in [5.74, 6) is -2.23. The molecule has 0 aromatic rings. The molecule has 17 nitrogen and oxygen atoms in total. The van der Waals surface area contributed by atoms with E-state index in [1.54, 1.807) is 0 Å². The molecule has 5 unspecified atom stereocenters. The first kappa shape index (κ1) is 99.2. The van der Waals surface area contributed by atoms with E-state index < -0.39 is 97.5 Å². The van der Waals surface area contributed by atoms with Crippen LogP contribution >= 0.6 is 15.6 Å². The maximum atomic E-state index is 13.1. The lowest BCUT2D eigenvalue weighted by molar-refractivity contribution is -0.161. The largest absolute Gasteiger partial charge is 0.472 e. The number of unbranched alkanes of at least 4 members (excludes halogenated alkanes) is 27. The van der Waals surface area contributed by atoms with Crippen molar-refractivity contribution in [2.24, 2.45) is 0 Å². The van der Waals surface area contributed by atoms with Gasteiger partial charge in [-0.2, -0.15) is 0 Å². The highest BCUT2D eigenvalue weighted by Gasteiger charge is 2.30. The molecule has 0 aromatic carbocycles. The number of hydrogen-bond acceptors (Lipinski definition) is 15. The third-order valence-electron chi connectivity index (χ3n) is 16.6. The SMILES string of the molecule is CC/C=C\C/C=C\C/C=C\C/C=C\CCCCCCCCC(=O)OCC(COP(=O)(O)OCC(O)COP(=O)(O)OCC(COC(=O)CCCCCC/C=C\C/C=C\C/C=C\C/C=C\CC)OC(=O)CCCCCCCCCCCCCCC)OC(=O)CCCCCCC/C=C\C/C=C\C/C=C\CC. The summed E-state index contributed by atoms with van der Waals surface area (Å²) < 4.78 is 68.6. The number of hydrogen-bond donors (Lipinski definition) is 3. The van der Waals surface area contributed by atoms with Gasteiger partial charge in [-0.25, -0.2) is 9.13 Å². The van der Waals surface area contributed by atoms with Crippen molar-refractivity contribution in [1.29, 1.82) is 0 Å². The lowest BCUT2D eigenvalue weighted by Crippen LogP contribution is -2.30. The molecule has 0 heterocycles. The molecule has 0 bridgehead atoms. The lowest BCUT2D eigenvalue weighted by Gasteiger charge is -2.21. The number of phosphoric acid groups is 2. The summed E-state index contributed by atoms with van der Waals surface area (Å²) >= 11 is 0. The van der Waals surface area contributed by atoms with Gasteiger partial charge in [-0.05, 0) is 135 Å². The van der Waals surface area contributed by atoms with Gasteiger partial charge in [-0.3, -0.25) is 37.3 Å². The average Bonchev–Trinajstić information content (AvgIpc) is 0.911. The minimum atomic E-state index is -4.99. The van der Waals surface area contributed by atoms with Crippen LogP contribution in [-0.4, -0.2) is 96.7 Å². The fraction of sp³-hybridized carbons (Fsp3) is 0.694. The Labute approximate surface area is 631 Å². The van der Waals surface area contributed by atoms with Crippen LogP contribution in [0.3, 0.4) is 0 Å². The second kappa shape index (κ2) is 76.4. The Morgan fingerprint density at radius 1 is 0.279 bits per heavy atom. The van der Waals surface area contributed by atoms with Gasteiger partial charge in [0.1, 0.15) is 19.3 Å². The molecule has 0 aliphatic heterocycles. The molecule has 0 fully saturated rings. The number of aliphatic hydroxyl groups excluding tert-OH is 1. The van der Waals surface area contributed by atoms with E-state index in [1.165, 1.54) is 51.4 Å². The summed E-state index contributed by atoms with van der Waals surface area (Å²) in [6.07, 6.45) is 85.6. The summed E-state index contributed by atoms with van der Waals surface area (Å²) in [6, 6.07) is 0. The molecule has 0 saturated heterocycles. The summed E-state index contributed by atoms with van der Waals surface area (Å²) in [5, 5.41) is 10.6. The van der Waals surface area contributed by atoms with Gasteiger partial charge in [-0.1, -0.05) is 296 Å². The average molecular weight is 1500 g/mol. The van der Waals surface area contributed by atoms with Crippen molar-refractivity contribution >= 4 is 39.5 Å². The van der Waals surface area contributed by atoms with Crippen LogP contribution in [-0.2, 0) is 65.4 Å². The first-order valence-electron chi connectivity index (χ1n) is 40.4. The van der Waals surface area contributed by atoms with Crippen LogP contribution in [0.15, 0.2) is 134 Å². The highest BCUT2D eigenvalue weighted by Crippen LogP contribution is 2.45. The van der Waals surface area contributed by atoms with Gasteiger partial charge in [0.05, 0.1) is 26.4 Å². The number of allylic oxidation sites excluding steroid dienone is 22. The van der Waals surface area contributed by atoms with Crippen LogP contribution in [0, 0.1) is 0 Å². The second-order valence-corrected chi connectivity index (χ2v) is 29.5. The van der Waals surface area contributed by atoms with Crippen molar-refractivity contribution in [3.05, 3.63) is 134 Å². The topological polar surface area (TPSA) is 237 Å². The van der Waals surface area contributed by atoms with E-state index in [2.05, 4.69) is 161 Å². The molecule has 0 aliphatic rings. The number of aliphatic hydroxyl groups is 1. The maximum Gasteiger partial charge on any atom is 0.472 e. The lowest BCUT2D eigenvalue weighted by atomic mass is 10.0. The molecule has 0 spiro atoms. The third-order valence-corrected chi connectivity index (χ3v) is 18.5. The highest BCUT2D eigenvalue weighted by atomic mass is 31.2.